The maximum Gasteiger partial charge on any atom is 0.270 e. The molecule has 0 spiro atoms. The van der Waals surface area contributed by atoms with Gasteiger partial charge in [0.25, 0.3) is 5.91 Å². The van der Waals surface area contributed by atoms with Crippen LogP contribution in [0, 0.1) is 0 Å². The number of aromatic nitrogens is 2. The Morgan fingerprint density at radius 3 is 3.00 bits per heavy atom. The van der Waals surface area contributed by atoms with Gasteiger partial charge in [0.15, 0.2) is 11.5 Å². The van der Waals surface area contributed by atoms with Crippen LogP contribution in [0.3, 0.4) is 0 Å². The summed E-state index contributed by atoms with van der Waals surface area (Å²) in [4.78, 5) is 20.4. The molecular formula is C17H20N4O3. The van der Waals surface area contributed by atoms with Gasteiger partial charge in [-0.2, -0.15) is 0 Å². The summed E-state index contributed by atoms with van der Waals surface area (Å²) < 4.78 is 10.6. The number of nitrogens with zero attached hydrogens (tertiary/aromatic N) is 2. The first-order valence-electron chi connectivity index (χ1n) is 8.00. The highest BCUT2D eigenvalue weighted by atomic mass is 16.7. The number of amides is 1. The highest BCUT2D eigenvalue weighted by Crippen LogP contribution is 2.32. The number of rotatable bonds is 7. The Morgan fingerprint density at radius 2 is 2.12 bits per heavy atom. The number of benzene rings is 1. The lowest BCUT2D eigenvalue weighted by Gasteiger charge is -2.08. The molecule has 0 fully saturated rings. The number of anilines is 1. The molecule has 0 bridgehead atoms. The molecule has 1 amide bonds. The predicted molar refractivity (Wildman–Crippen MR) is 89.2 cm³/mol. The molecule has 0 unspecified atom stereocenters. The van der Waals surface area contributed by atoms with E-state index in [-0.39, 0.29) is 12.7 Å². The number of carbonyl (C=O) groups is 1. The largest absolute Gasteiger partial charge is 0.454 e. The van der Waals surface area contributed by atoms with Crippen LogP contribution in [-0.2, 0) is 6.54 Å². The van der Waals surface area contributed by atoms with Gasteiger partial charge in [0.2, 0.25) is 12.7 Å². The second-order valence-electron chi connectivity index (χ2n) is 5.42. The summed E-state index contributed by atoms with van der Waals surface area (Å²) in [5.41, 5.74) is 1.37. The fraction of sp³-hybridized carbons (Fsp3) is 0.353. The minimum absolute atomic E-state index is 0.183. The molecule has 7 nitrogen and oxygen atoms in total. The Hall–Kier alpha value is -2.83. The van der Waals surface area contributed by atoms with E-state index < -0.39 is 0 Å². The zero-order valence-electron chi connectivity index (χ0n) is 13.5. The number of fused-ring (bicyclic) bond motifs is 1. The molecule has 0 atom stereocenters. The summed E-state index contributed by atoms with van der Waals surface area (Å²) >= 11 is 0. The molecule has 0 aliphatic carbocycles. The van der Waals surface area contributed by atoms with Crippen molar-refractivity contribution in [2.45, 2.75) is 26.3 Å². The smallest absolute Gasteiger partial charge is 0.270 e. The van der Waals surface area contributed by atoms with Crippen LogP contribution >= 0.6 is 0 Å². The topological polar surface area (TPSA) is 85.4 Å². The predicted octanol–water partition coefficient (Wildman–Crippen LogP) is 2.35. The summed E-state index contributed by atoms with van der Waals surface area (Å²) in [6.07, 6.45) is 3.56. The van der Waals surface area contributed by atoms with E-state index in [1.807, 2.05) is 18.2 Å². The number of unbranched alkanes of at least 4 members (excludes halogenated alkanes) is 1. The molecular weight excluding hydrogens is 308 g/mol. The van der Waals surface area contributed by atoms with E-state index in [4.69, 9.17) is 9.47 Å². The van der Waals surface area contributed by atoms with Crippen LogP contribution in [0.25, 0.3) is 0 Å². The van der Waals surface area contributed by atoms with Gasteiger partial charge in [-0.05, 0) is 30.2 Å². The van der Waals surface area contributed by atoms with Gasteiger partial charge in [-0.1, -0.05) is 19.4 Å². The molecule has 2 N–H and O–H groups in total. The number of carbonyl (C=O) groups excluding carboxylic acids is 1. The van der Waals surface area contributed by atoms with E-state index in [0.717, 1.165) is 29.9 Å². The third-order valence-corrected chi connectivity index (χ3v) is 3.59. The van der Waals surface area contributed by atoms with Gasteiger partial charge in [-0.15, -0.1) is 0 Å². The van der Waals surface area contributed by atoms with Crippen LogP contribution in [0.15, 0.2) is 30.5 Å². The number of ether oxygens (including phenoxy) is 2. The standard InChI is InChI=1S/C17H20N4O3/c1-2-3-7-18-16(22)13-6-8-19-17(21-13)20-10-12-4-5-14-15(9-12)24-11-23-14/h4-6,8-9H,2-3,7,10-11H2,1H3,(H,18,22)(H,19,20,21). The normalized spacial score (nSPS) is 12.0. The minimum atomic E-state index is -0.183. The lowest BCUT2D eigenvalue weighted by Crippen LogP contribution is -2.25. The van der Waals surface area contributed by atoms with Gasteiger partial charge in [-0.25, -0.2) is 9.97 Å². The Balaban J connectivity index is 1.59. The van der Waals surface area contributed by atoms with E-state index >= 15 is 0 Å². The van der Waals surface area contributed by atoms with Crippen molar-refractivity contribution in [3.05, 3.63) is 41.7 Å². The van der Waals surface area contributed by atoms with E-state index in [1.165, 1.54) is 0 Å². The average molecular weight is 328 g/mol. The maximum absolute atomic E-state index is 12.0. The first-order valence-corrected chi connectivity index (χ1v) is 8.00. The van der Waals surface area contributed by atoms with Gasteiger partial charge < -0.3 is 20.1 Å². The van der Waals surface area contributed by atoms with Gasteiger partial charge in [-0.3, -0.25) is 4.79 Å². The van der Waals surface area contributed by atoms with Crippen molar-refractivity contribution in [1.82, 2.24) is 15.3 Å². The van der Waals surface area contributed by atoms with E-state index in [1.54, 1.807) is 12.3 Å². The molecule has 1 aromatic carbocycles. The van der Waals surface area contributed by atoms with Gasteiger partial charge in [0.1, 0.15) is 5.69 Å². The van der Waals surface area contributed by atoms with Crippen LogP contribution in [0.4, 0.5) is 5.95 Å². The molecule has 1 aromatic heterocycles. The number of hydrogen-bond donors (Lipinski definition) is 2. The quantitative estimate of drug-likeness (QED) is 0.759. The Morgan fingerprint density at radius 1 is 1.25 bits per heavy atom. The summed E-state index contributed by atoms with van der Waals surface area (Å²) in [7, 11) is 0. The molecule has 3 rings (SSSR count). The van der Waals surface area contributed by atoms with Crippen molar-refractivity contribution in [3.63, 3.8) is 0 Å². The summed E-state index contributed by atoms with van der Waals surface area (Å²) in [6, 6.07) is 7.34. The van der Waals surface area contributed by atoms with E-state index in [9.17, 15) is 4.79 Å². The monoisotopic (exact) mass is 328 g/mol. The van der Waals surface area contributed by atoms with Crippen LogP contribution in [0.1, 0.15) is 35.8 Å². The molecule has 24 heavy (non-hydrogen) atoms. The van der Waals surface area contributed by atoms with Crippen molar-refractivity contribution in [1.29, 1.82) is 0 Å². The summed E-state index contributed by atoms with van der Waals surface area (Å²) in [6.45, 7) is 3.51. The first kappa shape index (κ1) is 16.0. The molecule has 1 aliphatic heterocycles. The fourth-order valence-corrected chi connectivity index (χ4v) is 2.27. The molecule has 0 saturated carbocycles. The van der Waals surface area contributed by atoms with Crippen LogP contribution in [-0.4, -0.2) is 29.2 Å². The lowest BCUT2D eigenvalue weighted by molar-refractivity contribution is 0.0948. The Kier molecular flexibility index (Phi) is 5.10. The third-order valence-electron chi connectivity index (χ3n) is 3.59. The van der Waals surface area contributed by atoms with Gasteiger partial charge in [0.05, 0.1) is 0 Å². The van der Waals surface area contributed by atoms with Crippen molar-refractivity contribution in [2.75, 3.05) is 18.7 Å². The van der Waals surface area contributed by atoms with Crippen molar-refractivity contribution >= 4 is 11.9 Å². The molecule has 2 aromatic rings. The highest BCUT2D eigenvalue weighted by Gasteiger charge is 2.13. The lowest BCUT2D eigenvalue weighted by atomic mass is 10.2. The molecule has 1 aliphatic rings. The highest BCUT2D eigenvalue weighted by molar-refractivity contribution is 5.92. The average Bonchev–Trinajstić information content (AvgIpc) is 3.08. The van der Waals surface area contributed by atoms with Crippen LogP contribution in [0.2, 0.25) is 0 Å². The van der Waals surface area contributed by atoms with Crippen molar-refractivity contribution in [3.8, 4) is 11.5 Å². The van der Waals surface area contributed by atoms with Crippen LogP contribution < -0.4 is 20.1 Å². The van der Waals surface area contributed by atoms with Crippen molar-refractivity contribution in [2.24, 2.45) is 0 Å². The summed E-state index contributed by atoms with van der Waals surface area (Å²) in [5.74, 6) is 1.72. The number of hydrogen-bond acceptors (Lipinski definition) is 6. The van der Waals surface area contributed by atoms with E-state index in [2.05, 4.69) is 27.5 Å². The van der Waals surface area contributed by atoms with Gasteiger partial charge in [0, 0.05) is 19.3 Å². The zero-order valence-corrected chi connectivity index (χ0v) is 13.5. The van der Waals surface area contributed by atoms with Crippen molar-refractivity contribution < 1.29 is 14.3 Å². The Labute approximate surface area is 140 Å². The first-order chi connectivity index (χ1) is 11.8. The summed E-state index contributed by atoms with van der Waals surface area (Å²) in [5, 5.41) is 5.96. The fourth-order valence-electron chi connectivity index (χ4n) is 2.27. The SMILES string of the molecule is CCCCNC(=O)c1ccnc(NCc2ccc3c(c2)OCO3)n1. The van der Waals surface area contributed by atoms with Gasteiger partial charge >= 0.3 is 0 Å². The Bertz CT molecular complexity index is 721. The maximum atomic E-state index is 12.0. The second kappa shape index (κ2) is 7.63. The molecule has 0 saturated heterocycles. The minimum Gasteiger partial charge on any atom is -0.454 e. The zero-order chi connectivity index (χ0) is 16.8. The molecule has 126 valence electrons. The third kappa shape index (κ3) is 3.92. The number of nitrogens with one attached hydrogen (secondary N) is 2. The molecule has 2 heterocycles. The van der Waals surface area contributed by atoms with Crippen LogP contribution in [0.5, 0.6) is 11.5 Å². The molecule has 0 radical (unpaired) electrons. The van der Waals surface area contributed by atoms with E-state index in [0.29, 0.717) is 24.7 Å². The second-order valence-corrected chi connectivity index (χ2v) is 5.42. The molecule has 7 heteroatoms.